The number of nitrogens with one attached hydrogen (secondary N) is 3. The van der Waals surface area contributed by atoms with E-state index in [0.717, 1.165) is 50.4 Å². The first-order valence-corrected chi connectivity index (χ1v) is 16.0. The molecule has 1 aromatic heterocycles. The van der Waals surface area contributed by atoms with E-state index in [4.69, 9.17) is 14.9 Å². The van der Waals surface area contributed by atoms with Crippen LogP contribution >= 0.6 is 12.8 Å². The van der Waals surface area contributed by atoms with Crippen LogP contribution in [0, 0.1) is 11.3 Å². The van der Waals surface area contributed by atoms with E-state index >= 15 is 0 Å². The largest absolute Gasteiger partial charge is 0.472 e. The summed E-state index contributed by atoms with van der Waals surface area (Å²) in [6.45, 7) is 6.13. The highest BCUT2D eigenvalue weighted by Crippen LogP contribution is 2.34. The third kappa shape index (κ3) is 10.3. The van der Waals surface area contributed by atoms with Gasteiger partial charge in [-0.3, -0.25) is 19.1 Å². The van der Waals surface area contributed by atoms with E-state index in [1.165, 1.54) is 12.5 Å². The van der Waals surface area contributed by atoms with Gasteiger partial charge < -0.3 is 35.2 Å². The first kappa shape index (κ1) is 36.1. The molecule has 3 fully saturated rings. The molecule has 3 aliphatic rings. The molecule has 1 saturated heterocycles. The number of likely N-dealkylation sites (tertiary alicyclic amines) is 1. The fourth-order valence-corrected chi connectivity index (χ4v) is 5.90. The lowest BCUT2D eigenvalue weighted by Gasteiger charge is -2.38. The first-order valence-electron chi connectivity index (χ1n) is 15.6. The Kier molecular flexibility index (Phi) is 13.0. The molecule has 0 spiro atoms. The van der Waals surface area contributed by atoms with E-state index in [-0.39, 0.29) is 12.5 Å². The molecular weight excluding hydrogens is 602 g/mol. The lowest BCUT2D eigenvalue weighted by Crippen LogP contribution is -2.63. The van der Waals surface area contributed by atoms with Crippen molar-refractivity contribution in [2.45, 2.75) is 115 Å². The van der Waals surface area contributed by atoms with Crippen molar-refractivity contribution in [2.24, 2.45) is 17.1 Å². The summed E-state index contributed by atoms with van der Waals surface area (Å²) >= 11 is 3.77. The fraction of sp³-hybridized carbons (Fsp3) is 0.677. The minimum absolute atomic E-state index is 0.0610. The Morgan fingerprint density at radius 3 is 2.36 bits per heavy atom. The molecule has 2 heterocycles. The summed E-state index contributed by atoms with van der Waals surface area (Å²) in [4.78, 5) is 73.9. The molecule has 0 aromatic carbocycles. The number of hydrogen-bond donors (Lipinski definition) is 5. The number of thiol groups is 1. The smallest absolute Gasteiger partial charge is 0.332 e. The lowest BCUT2D eigenvalue weighted by molar-refractivity contribution is -0.154. The van der Waals surface area contributed by atoms with Crippen LogP contribution in [0.4, 0.5) is 4.79 Å². The minimum atomic E-state index is -1.14. The molecule has 13 nitrogen and oxygen atoms in total. The van der Waals surface area contributed by atoms with Gasteiger partial charge in [-0.05, 0) is 49.5 Å². The number of hydrogen-bond acceptors (Lipinski definition) is 10. The molecule has 0 radical (unpaired) electrons. The van der Waals surface area contributed by atoms with Crippen molar-refractivity contribution in [3.8, 4) is 0 Å². The van der Waals surface area contributed by atoms with Crippen LogP contribution in [-0.2, 0) is 35.3 Å². The summed E-state index contributed by atoms with van der Waals surface area (Å²) in [5, 5.41) is 5.64. The van der Waals surface area contributed by atoms with E-state index in [9.17, 15) is 28.8 Å². The van der Waals surface area contributed by atoms with Gasteiger partial charge in [-0.1, -0.05) is 65.7 Å². The first-order chi connectivity index (χ1) is 21.3. The maximum Gasteiger partial charge on any atom is 0.332 e. The van der Waals surface area contributed by atoms with Crippen molar-refractivity contribution in [2.75, 3.05) is 6.54 Å². The summed E-state index contributed by atoms with van der Waals surface area (Å²) in [6.07, 6.45) is 11.6. The summed E-state index contributed by atoms with van der Waals surface area (Å²) in [5.41, 5.74) is 3.84. The topological polar surface area (TPSA) is 190 Å². The summed E-state index contributed by atoms with van der Waals surface area (Å²) in [5.74, 6) is -1.66. The predicted molar refractivity (Wildman–Crippen MR) is 167 cm³/mol. The summed E-state index contributed by atoms with van der Waals surface area (Å²) in [6, 6.07) is -0.688. The van der Waals surface area contributed by atoms with Gasteiger partial charge in [-0.15, -0.1) is 0 Å². The number of furan rings is 1. The van der Waals surface area contributed by atoms with E-state index in [1.807, 2.05) is 20.8 Å². The zero-order valence-electron chi connectivity index (χ0n) is 26.3. The molecular formula is C31H47N5O8S. The normalized spacial score (nSPS) is 20.5. The van der Waals surface area contributed by atoms with Crippen molar-refractivity contribution in [1.29, 1.82) is 0 Å². The van der Waals surface area contributed by atoms with Gasteiger partial charge in [0.2, 0.25) is 11.7 Å². The molecule has 5 N–H and O–H groups in total. The van der Waals surface area contributed by atoms with Gasteiger partial charge >= 0.3 is 12.0 Å². The Hall–Kier alpha value is -3.39. The second kappa shape index (κ2) is 16.3. The van der Waals surface area contributed by atoms with Gasteiger partial charge in [0.1, 0.15) is 24.5 Å². The van der Waals surface area contributed by atoms with Crippen molar-refractivity contribution < 1.29 is 37.9 Å². The standard InChI is InChI=1S/C24H35N3O6.C7H12N2O2S/c1-23(2,3)19(20(29)27-12-7-8-18(27)14-28)25-22(31)26-24(10-5-4-6-11-24)21(30)33-16-17-9-13-32-15-17;8-7(11)6(10)5(9-12)3-4-1-2-4/h9,13-15,18-19H,4-8,10-12,16H2,1-3H3,(H2,25,26,31);4-5,9,12H,1-3H2,(H2,8,11). The maximum atomic E-state index is 13.3. The zero-order valence-corrected chi connectivity index (χ0v) is 27.2. The third-order valence-electron chi connectivity index (χ3n) is 8.51. The van der Waals surface area contributed by atoms with E-state index < -0.39 is 52.8 Å². The van der Waals surface area contributed by atoms with E-state index in [2.05, 4.69) is 28.2 Å². The Balaban J connectivity index is 0.000000385. The molecule has 0 bridgehead atoms. The number of rotatable bonds is 12. The average Bonchev–Trinajstić information content (AvgIpc) is 3.44. The Morgan fingerprint density at radius 1 is 1.13 bits per heavy atom. The molecule has 3 unspecified atom stereocenters. The lowest BCUT2D eigenvalue weighted by atomic mass is 9.81. The van der Waals surface area contributed by atoms with Crippen LogP contribution in [0.15, 0.2) is 23.0 Å². The highest BCUT2D eigenvalue weighted by molar-refractivity contribution is 7.78. The quantitative estimate of drug-likeness (QED) is 0.0981. The fourth-order valence-electron chi connectivity index (χ4n) is 5.68. The number of ketones is 1. The number of Topliss-reactive ketones (excluding diaryl/α,β-unsaturated/α-hetero) is 1. The highest BCUT2D eigenvalue weighted by atomic mass is 32.1. The molecule has 1 aliphatic heterocycles. The Labute approximate surface area is 269 Å². The molecule has 4 amide bonds. The molecule has 2 aliphatic carbocycles. The number of urea groups is 1. The number of primary amides is 1. The molecule has 1 aromatic rings. The van der Waals surface area contributed by atoms with Gasteiger partial charge in [0, 0.05) is 12.1 Å². The number of ether oxygens (including phenoxy) is 1. The number of nitrogens with zero attached hydrogens (tertiary/aromatic N) is 1. The average molecular weight is 650 g/mol. The van der Waals surface area contributed by atoms with Gasteiger partial charge in [0.05, 0.1) is 24.6 Å². The predicted octanol–water partition coefficient (Wildman–Crippen LogP) is 2.57. The van der Waals surface area contributed by atoms with Crippen molar-refractivity contribution in [3.63, 3.8) is 0 Å². The van der Waals surface area contributed by atoms with Crippen LogP contribution in [0.3, 0.4) is 0 Å². The number of nitrogens with two attached hydrogens (primary N) is 1. The SMILES string of the molecule is CC(C)(C)C(NC(=O)NC1(C(=O)OCc2ccoc2)CCCCC1)C(=O)N1CCCC1C=O.NC(=O)C(=O)C(CC1CC1)NS. The van der Waals surface area contributed by atoms with Gasteiger partial charge in [0.25, 0.3) is 5.91 Å². The second-order valence-electron chi connectivity index (χ2n) is 13.2. The summed E-state index contributed by atoms with van der Waals surface area (Å²) in [7, 11) is 0. The second-order valence-corrected chi connectivity index (χ2v) is 13.5. The molecule has 2 saturated carbocycles. The van der Waals surface area contributed by atoms with Gasteiger partial charge in [0.15, 0.2) is 0 Å². The van der Waals surface area contributed by atoms with Crippen LogP contribution in [0.2, 0.25) is 0 Å². The number of esters is 1. The van der Waals surface area contributed by atoms with Crippen LogP contribution in [0.1, 0.15) is 90.5 Å². The molecule has 4 rings (SSSR count). The maximum absolute atomic E-state index is 13.3. The minimum Gasteiger partial charge on any atom is -0.472 e. The number of carbonyl (C=O) groups excluding carboxylic acids is 6. The monoisotopic (exact) mass is 649 g/mol. The Morgan fingerprint density at radius 2 is 1.82 bits per heavy atom. The van der Waals surface area contributed by atoms with E-state index in [1.54, 1.807) is 11.0 Å². The van der Waals surface area contributed by atoms with Crippen molar-refractivity contribution in [3.05, 3.63) is 24.2 Å². The van der Waals surface area contributed by atoms with Crippen molar-refractivity contribution >= 4 is 48.7 Å². The van der Waals surface area contributed by atoms with Gasteiger partial charge in [-0.2, -0.15) is 0 Å². The molecule has 45 heavy (non-hydrogen) atoms. The van der Waals surface area contributed by atoms with E-state index in [0.29, 0.717) is 38.1 Å². The van der Waals surface area contributed by atoms with Gasteiger partial charge in [-0.25, -0.2) is 9.59 Å². The van der Waals surface area contributed by atoms with Crippen LogP contribution in [0.25, 0.3) is 0 Å². The van der Waals surface area contributed by atoms with Crippen LogP contribution in [0.5, 0.6) is 0 Å². The summed E-state index contributed by atoms with van der Waals surface area (Å²) < 4.78 is 13.0. The number of aldehydes is 1. The zero-order chi connectivity index (χ0) is 33.2. The number of carbonyl (C=O) groups is 6. The van der Waals surface area contributed by atoms with Crippen LogP contribution in [-0.4, -0.2) is 71.0 Å². The number of amides is 4. The Bertz CT molecular complexity index is 1190. The third-order valence-corrected chi connectivity index (χ3v) is 8.82. The van der Waals surface area contributed by atoms with Crippen LogP contribution < -0.4 is 21.1 Å². The molecule has 250 valence electrons. The highest BCUT2D eigenvalue weighted by Gasteiger charge is 2.45. The molecule has 14 heteroatoms. The van der Waals surface area contributed by atoms with Crippen molar-refractivity contribution in [1.82, 2.24) is 20.3 Å². The molecule has 3 atom stereocenters.